The molecule has 0 amide bonds. The second-order valence-corrected chi connectivity index (χ2v) is 6.27. The molecule has 0 saturated heterocycles. The summed E-state index contributed by atoms with van der Waals surface area (Å²) >= 11 is 13.6. The molecule has 2 rings (SSSR count). The van der Waals surface area contributed by atoms with E-state index in [-0.39, 0.29) is 0 Å². The molecule has 2 N–H and O–H groups in total. The Morgan fingerprint density at radius 2 is 1.68 bits per heavy atom. The molecule has 2 aromatic rings. The summed E-state index contributed by atoms with van der Waals surface area (Å²) in [5, 5.41) is 1.17. The summed E-state index contributed by atoms with van der Waals surface area (Å²) in [7, 11) is 0. The van der Waals surface area contributed by atoms with E-state index in [1.807, 2.05) is 18.2 Å². The van der Waals surface area contributed by atoms with Crippen LogP contribution in [0.1, 0.15) is 11.1 Å². The fraction of sp³-hybridized carbons (Fsp3) is 0.200. The van der Waals surface area contributed by atoms with Crippen molar-refractivity contribution in [1.29, 1.82) is 0 Å². The number of halogens is 2. The number of nitrogens with two attached hydrogens (primary N) is 1. The third-order valence-electron chi connectivity index (χ3n) is 2.85. The van der Waals surface area contributed by atoms with E-state index < -0.39 is 0 Å². The van der Waals surface area contributed by atoms with Crippen LogP contribution in [0.4, 0.5) is 0 Å². The topological polar surface area (TPSA) is 26.0 Å². The first kappa shape index (κ1) is 14.7. The Bertz CT molecular complexity index is 584. The summed E-state index contributed by atoms with van der Waals surface area (Å²) < 4.78 is 0. The molecule has 0 unspecified atom stereocenters. The lowest BCUT2D eigenvalue weighted by Gasteiger charge is -2.08. The second-order valence-electron chi connectivity index (χ2n) is 4.30. The molecule has 19 heavy (non-hydrogen) atoms. The zero-order valence-corrected chi connectivity index (χ0v) is 12.9. The van der Waals surface area contributed by atoms with Crippen LogP contribution in [0.25, 0.3) is 0 Å². The maximum atomic E-state index is 6.02. The molecule has 2 aromatic carbocycles. The van der Waals surface area contributed by atoms with Gasteiger partial charge in [-0.25, -0.2) is 0 Å². The monoisotopic (exact) mass is 311 g/mol. The summed E-state index contributed by atoms with van der Waals surface area (Å²) in [5.74, 6) is 0. The molecule has 0 fully saturated rings. The van der Waals surface area contributed by atoms with Crippen molar-refractivity contribution in [2.75, 3.05) is 6.54 Å². The maximum Gasteiger partial charge on any atom is 0.0603 e. The van der Waals surface area contributed by atoms with Crippen molar-refractivity contribution in [2.45, 2.75) is 23.1 Å². The van der Waals surface area contributed by atoms with Crippen molar-refractivity contribution in [2.24, 2.45) is 5.73 Å². The first-order valence-electron chi connectivity index (χ1n) is 6.02. The highest BCUT2D eigenvalue weighted by Crippen LogP contribution is 2.33. The Morgan fingerprint density at radius 3 is 2.32 bits per heavy atom. The molecule has 0 bridgehead atoms. The molecule has 0 spiro atoms. The lowest BCUT2D eigenvalue weighted by molar-refractivity contribution is 0.954. The van der Waals surface area contributed by atoms with Crippen LogP contribution < -0.4 is 5.73 Å². The standard InChI is InChI=1S/C15H15Cl2NS/c1-10-8-12(3-2-11(10)6-7-18)19-13-4-5-14(16)15(17)9-13/h2-5,8-9H,6-7,18H2,1H3. The predicted octanol–water partition coefficient (Wildman–Crippen LogP) is 4.95. The predicted molar refractivity (Wildman–Crippen MR) is 84.5 cm³/mol. The molecular weight excluding hydrogens is 297 g/mol. The third kappa shape index (κ3) is 3.90. The Labute approximate surface area is 128 Å². The summed E-state index contributed by atoms with van der Waals surface area (Å²) in [5.41, 5.74) is 8.17. The smallest absolute Gasteiger partial charge is 0.0603 e. The molecule has 0 aromatic heterocycles. The van der Waals surface area contributed by atoms with E-state index in [0.29, 0.717) is 16.6 Å². The first-order valence-corrected chi connectivity index (χ1v) is 7.60. The highest BCUT2D eigenvalue weighted by molar-refractivity contribution is 7.99. The molecule has 0 aliphatic carbocycles. The molecule has 0 aliphatic heterocycles. The van der Waals surface area contributed by atoms with E-state index in [4.69, 9.17) is 28.9 Å². The van der Waals surface area contributed by atoms with Crippen molar-refractivity contribution >= 4 is 35.0 Å². The van der Waals surface area contributed by atoms with Gasteiger partial charge in [0.2, 0.25) is 0 Å². The molecule has 0 aliphatic rings. The summed E-state index contributed by atoms with van der Waals surface area (Å²) in [4.78, 5) is 2.28. The maximum absolute atomic E-state index is 6.02. The van der Waals surface area contributed by atoms with Crippen LogP contribution >= 0.6 is 35.0 Å². The van der Waals surface area contributed by atoms with E-state index in [2.05, 4.69) is 25.1 Å². The van der Waals surface area contributed by atoms with Crippen LogP contribution in [-0.4, -0.2) is 6.54 Å². The average molecular weight is 312 g/mol. The van der Waals surface area contributed by atoms with E-state index in [1.165, 1.54) is 16.0 Å². The first-order chi connectivity index (χ1) is 9.10. The minimum absolute atomic E-state index is 0.584. The van der Waals surface area contributed by atoms with Gasteiger partial charge in [0, 0.05) is 9.79 Å². The highest BCUT2D eigenvalue weighted by atomic mass is 35.5. The normalized spacial score (nSPS) is 10.7. The number of benzene rings is 2. The van der Waals surface area contributed by atoms with Gasteiger partial charge >= 0.3 is 0 Å². The fourth-order valence-corrected chi connectivity index (χ4v) is 3.16. The van der Waals surface area contributed by atoms with Crippen LogP contribution in [-0.2, 0) is 6.42 Å². The van der Waals surface area contributed by atoms with E-state index in [1.54, 1.807) is 11.8 Å². The van der Waals surface area contributed by atoms with Crippen molar-refractivity contribution < 1.29 is 0 Å². The number of hydrogen-bond acceptors (Lipinski definition) is 2. The summed E-state index contributed by atoms with van der Waals surface area (Å²) in [6.45, 7) is 2.80. The van der Waals surface area contributed by atoms with Gasteiger partial charge in [-0.3, -0.25) is 0 Å². The zero-order chi connectivity index (χ0) is 13.8. The minimum Gasteiger partial charge on any atom is -0.330 e. The highest BCUT2D eigenvalue weighted by Gasteiger charge is 2.04. The largest absolute Gasteiger partial charge is 0.330 e. The number of hydrogen-bond donors (Lipinski definition) is 1. The van der Waals surface area contributed by atoms with Gasteiger partial charge in [-0.1, -0.05) is 41.0 Å². The van der Waals surface area contributed by atoms with Gasteiger partial charge in [0.05, 0.1) is 10.0 Å². The van der Waals surface area contributed by atoms with Crippen molar-refractivity contribution in [3.05, 3.63) is 57.6 Å². The quantitative estimate of drug-likeness (QED) is 0.864. The van der Waals surface area contributed by atoms with Gasteiger partial charge < -0.3 is 5.73 Å². The van der Waals surface area contributed by atoms with Crippen molar-refractivity contribution in [3.63, 3.8) is 0 Å². The average Bonchev–Trinajstić information content (AvgIpc) is 2.37. The molecule has 0 radical (unpaired) electrons. The van der Waals surface area contributed by atoms with Crippen molar-refractivity contribution in [1.82, 2.24) is 0 Å². The Morgan fingerprint density at radius 1 is 1.00 bits per heavy atom. The van der Waals surface area contributed by atoms with E-state index >= 15 is 0 Å². The number of rotatable bonds is 4. The van der Waals surface area contributed by atoms with Crippen LogP contribution in [0.15, 0.2) is 46.2 Å². The second kappa shape index (κ2) is 6.67. The van der Waals surface area contributed by atoms with Crippen LogP contribution in [0.5, 0.6) is 0 Å². The van der Waals surface area contributed by atoms with E-state index in [0.717, 1.165) is 11.3 Å². The minimum atomic E-state index is 0.584. The van der Waals surface area contributed by atoms with Crippen molar-refractivity contribution in [3.8, 4) is 0 Å². The lowest BCUT2D eigenvalue weighted by Crippen LogP contribution is -2.03. The van der Waals surface area contributed by atoms with Crippen LogP contribution in [0.3, 0.4) is 0 Å². The Kier molecular flexibility index (Phi) is 5.17. The summed E-state index contributed by atoms with van der Waals surface area (Å²) in [6, 6.07) is 12.1. The molecule has 1 nitrogen and oxygen atoms in total. The molecule has 0 heterocycles. The lowest BCUT2D eigenvalue weighted by atomic mass is 10.1. The molecule has 0 saturated carbocycles. The van der Waals surface area contributed by atoms with Crippen LogP contribution in [0.2, 0.25) is 10.0 Å². The molecule has 4 heteroatoms. The molecule has 100 valence electrons. The van der Waals surface area contributed by atoms with Crippen LogP contribution in [0, 0.1) is 6.92 Å². The van der Waals surface area contributed by atoms with Gasteiger partial charge in [-0.15, -0.1) is 0 Å². The Balaban J connectivity index is 2.19. The van der Waals surface area contributed by atoms with E-state index in [9.17, 15) is 0 Å². The molecular formula is C15H15Cl2NS. The fourth-order valence-electron chi connectivity index (χ4n) is 1.84. The SMILES string of the molecule is Cc1cc(Sc2ccc(Cl)c(Cl)c2)ccc1CCN. The molecule has 0 atom stereocenters. The number of aryl methyl sites for hydroxylation is 1. The van der Waals surface area contributed by atoms with Gasteiger partial charge in [-0.2, -0.15) is 0 Å². The van der Waals surface area contributed by atoms with Gasteiger partial charge in [0.25, 0.3) is 0 Å². The van der Waals surface area contributed by atoms with Gasteiger partial charge in [0.1, 0.15) is 0 Å². The van der Waals surface area contributed by atoms with Gasteiger partial charge in [-0.05, 0) is 61.3 Å². The zero-order valence-electron chi connectivity index (χ0n) is 10.6. The third-order valence-corrected chi connectivity index (χ3v) is 4.57. The summed E-state index contributed by atoms with van der Waals surface area (Å²) in [6.07, 6.45) is 0.920. The van der Waals surface area contributed by atoms with Gasteiger partial charge in [0.15, 0.2) is 0 Å². The Hall–Kier alpha value is -0.670.